The highest BCUT2D eigenvalue weighted by Crippen LogP contribution is 2.20. The Bertz CT molecular complexity index is 922. The molecule has 0 radical (unpaired) electrons. The molecule has 0 aliphatic heterocycles. The summed E-state index contributed by atoms with van der Waals surface area (Å²) in [7, 11) is 1.61. The van der Waals surface area contributed by atoms with Crippen molar-refractivity contribution in [1.29, 1.82) is 0 Å². The molecule has 0 atom stereocenters. The normalized spacial score (nSPS) is 10.6. The number of aryl methyl sites for hydroxylation is 1. The van der Waals surface area contributed by atoms with Gasteiger partial charge in [-0.2, -0.15) is 4.98 Å². The molecule has 29 heavy (non-hydrogen) atoms. The van der Waals surface area contributed by atoms with Gasteiger partial charge in [0.05, 0.1) is 7.11 Å². The number of nitrogens with one attached hydrogen (secondary N) is 1. The van der Waals surface area contributed by atoms with Gasteiger partial charge in [-0.1, -0.05) is 30.6 Å². The molecule has 1 N–H and O–H groups in total. The maximum Gasteiger partial charge on any atom is 0.258 e. The third kappa shape index (κ3) is 6.07. The van der Waals surface area contributed by atoms with Crippen molar-refractivity contribution < 1.29 is 18.8 Å². The predicted molar refractivity (Wildman–Crippen MR) is 109 cm³/mol. The number of methoxy groups -OCH3 is 1. The highest BCUT2D eigenvalue weighted by Gasteiger charge is 2.09. The maximum absolute atomic E-state index is 12.0. The van der Waals surface area contributed by atoms with Crippen molar-refractivity contribution in [3.8, 4) is 22.9 Å². The summed E-state index contributed by atoms with van der Waals surface area (Å²) in [6.07, 6.45) is 2.89. The van der Waals surface area contributed by atoms with Crippen LogP contribution in [0.2, 0.25) is 0 Å². The number of carbonyl (C=O) groups excluding carboxylic acids is 1. The van der Waals surface area contributed by atoms with Gasteiger partial charge in [-0.25, -0.2) is 0 Å². The van der Waals surface area contributed by atoms with E-state index in [9.17, 15) is 4.79 Å². The number of benzene rings is 2. The fourth-order valence-electron chi connectivity index (χ4n) is 2.68. The van der Waals surface area contributed by atoms with Crippen LogP contribution in [0.15, 0.2) is 53.1 Å². The van der Waals surface area contributed by atoms with Crippen LogP contribution in [0, 0.1) is 0 Å². The number of carbonyl (C=O) groups is 1. The Morgan fingerprint density at radius 2 is 1.97 bits per heavy atom. The minimum absolute atomic E-state index is 0.0628. The van der Waals surface area contributed by atoms with Crippen LogP contribution in [0.25, 0.3) is 11.4 Å². The number of nitrogens with zero attached hydrogens (tertiary/aromatic N) is 2. The van der Waals surface area contributed by atoms with E-state index in [1.807, 2.05) is 36.4 Å². The molecule has 1 amide bonds. The summed E-state index contributed by atoms with van der Waals surface area (Å²) in [5, 5.41) is 6.83. The van der Waals surface area contributed by atoms with E-state index in [1.165, 1.54) is 0 Å². The Hall–Kier alpha value is -3.35. The molecule has 152 valence electrons. The summed E-state index contributed by atoms with van der Waals surface area (Å²) in [5.74, 6) is 2.36. The van der Waals surface area contributed by atoms with E-state index in [0.29, 0.717) is 24.0 Å². The van der Waals surface area contributed by atoms with Gasteiger partial charge in [0.25, 0.3) is 5.91 Å². The number of rotatable bonds is 10. The van der Waals surface area contributed by atoms with E-state index >= 15 is 0 Å². The molecule has 2 aromatic carbocycles. The van der Waals surface area contributed by atoms with Crippen molar-refractivity contribution >= 4 is 5.91 Å². The Morgan fingerprint density at radius 3 is 2.72 bits per heavy atom. The van der Waals surface area contributed by atoms with E-state index in [4.69, 9.17) is 14.0 Å². The zero-order valence-corrected chi connectivity index (χ0v) is 16.7. The fourth-order valence-corrected chi connectivity index (χ4v) is 2.68. The lowest BCUT2D eigenvalue weighted by molar-refractivity contribution is -0.123. The van der Waals surface area contributed by atoms with Gasteiger partial charge in [-0.05, 0) is 48.4 Å². The molecule has 1 aromatic heterocycles. The Balaban J connectivity index is 1.47. The minimum Gasteiger partial charge on any atom is -0.497 e. The van der Waals surface area contributed by atoms with Crippen molar-refractivity contribution in [3.05, 3.63) is 60.0 Å². The maximum atomic E-state index is 12.0. The summed E-state index contributed by atoms with van der Waals surface area (Å²) in [6, 6.07) is 14.8. The van der Waals surface area contributed by atoms with Crippen LogP contribution in [0.3, 0.4) is 0 Å². The van der Waals surface area contributed by atoms with Crippen molar-refractivity contribution in [2.24, 2.45) is 0 Å². The number of ether oxygens (including phenoxy) is 2. The van der Waals surface area contributed by atoms with Gasteiger partial charge in [-0.15, -0.1) is 0 Å². The average Bonchev–Trinajstić information content (AvgIpc) is 3.24. The Labute approximate surface area is 170 Å². The first kappa shape index (κ1) is 20.4. The molecule has 0 aliphatic carbocycles. The van der Waals surface area contributed by atoms with E-state index in [-0.39, 0.29) is 12.5 Å². The summed E-state index contributed by atoms with van der Waals surface area (Å²) in [6.45, 7) is 2.47. The molecule has 3 rings (SSSR count). The zero-order valence-electron chi connectivity index (χ0n) is 16.7. The second-order valence-electron chi connectivity index (χ2n) is 6.56. The SMILES string of the molecule is CCCCc1nc(-c2ccc(OCC(=O)NCc3cccc(OC)c3)cc2)no1. The first-order chi connectivity index (χ1) is 14.2. The van der Waals surface area contributed by atoms with Crippen LogP contribution in [-0.2, 0) is 17.8 Å². The number of hydrogen-bond donors (Lipinski definition) is 1. The van der Waals surface area contributed by atoms with Crippen molar-refractivity contribution in [1.82, 2.24) is 15.5 Å². The van der Waals surface area contributed by atoms with Gasteiger partial charge in [0, 0.05) is 18.5 Å². The number of amides is 1. The van der Waals surface area contributed by atoms with Crippen LogP contribution < -0.4 is 14.8 Å². The van der Waals surface area contributed by atoms with E-state index < -0.39 is 0 Å². The zero-order chi connectivity index (χ0) is 20.5. The third-order valence-electron chi connectivity index (χ3n) is 4.32. The highest BCUT2D eigenvalue weighted by molar-refractivity contribution is 5.77. The van der Waals surface area contributed by atoms with Gasteiger partial charge < -0.3 is 19.3 Å². The van der Waals surface area contributed by atoms with Gasteiger partial charge >= 0.3 is 0 Å². The average molecular weight is 395 g/mol. The molecular formula is C22H25N3O4. The van der Waals surface area contributed by atoms with E-state index in [0.717, 1.165) is 36.1 Å². The number of unbranched alkanes of at least 4 members (excludes halogenated alkanes) is 1. The van der Waals surface area contributed by atoms with Gasteiger partial charge in [0.15, 0.2) is 6.61 Å². The van der Waals surface area contributed by atoms with Crippen molar-refractivity contribution in [2.75, 3.05) is 13.7 Å². The molecule has 0 unspecified atom stereocenters. The molecule has 0 fully saturated rings. The summed E-state index contributed by atoms with van der Waals surface area (Å²) in [4.78, 5) is 16.4. The Kier molecular flexibility index (Phi) is 7.22. The molecule has 0 aliphatic rings. The van der Waals surface area contributed by atoms with Crippen LogP contribution in [0.4, 0.5) is 0 Å². The lowest BCUT2D eigenvalue weighted by atomic mass is 10.2. The van der Waals surface area contributed by atoms with E-state index in [2.05, 4.69) is 22.4 Å². The first-order valence-corrected chi connectivity index (χ1v) is 9.63. The quantitative estimate of drug-likeness (QED) is 0.562. The van der Waals surface area contributed by atoms with Gasteiger partial charge in [0.1, 0.15) is 11.5 Å². The Morgan fingerprint density at radius 1 is 1.14 bits per heavy atom. The smallest absolute Gasteiger partial charge is 0.258 e. The van der Waals surface area contributed by atoms with Crippen LogP contribution in [0.5, 0.6) is 11.5 Å². The van der Waals surface area contributed by atoms with Crippen LogP contribution in [-0.4, -0.2) is 29.8 Å². The second kappa shape index (κ2) is 10.3. The van der Waals surface area contributed by atoms with Crippen LogP contribution in [0.1, 0.15) is 31.2 Å². The van der Waals surface area contributed by atoms with Crippen molar-refractivity contribution in [2.45, 2.75) is 32.7 Å². The molecule has 1 heterocycles. The molecular weight excluding hydrogens is 370 g/mol. The highest BCUT2D eigenvalue weighted by atomic mass is 16.5. The minimum atomic E-state index is -0.198. The molecule has 7 nitrogen and oxygen atoms in total. The third-order valence-corrected chi connectivity index (χ3v) is 4.32. The predicted octanol–water partition coefficient (Wildman–Crippen LogP) is 3.78. The topological polar surface area (TPSA) is 86.5 Å². The monoisotopic (exact) mass is 395 g/mol. The molecule has 3 aromatic rings. The summed E-state index contributed by atoms with van der Waals surface area (Å²) >= 11 is 0. The first-order valence-electron chi connectivity index (χ1n) is 9.63. The van der Waals surface area contributed by atoms with E-state index in [1.54, 1.807) is 19.2 Å². The molecule has 0 saturated heterocycles. The molecule has 0 bridgehead atoms. The standard InChI is InChI=1S/C22H25N3O4/c1-3-4-8-21-24-22(25-29-21)17-9-11-18(12-10-17)28-15-20(26)23-14-16-6-5-7-19(13-16)27-2/h5-7,9-13H,3-4,8,14-15H2,1-2H3,(H,23,26). The lowest BCUT2D eigenvalue weighted by Gasteiger charge is -2.08. The lowest BCUT2D eigenvalue weighted by Crippen LogP contribution is -2.28. The van der Waals surface area contributed by atoms with Gasteiger partial charge in [-0.3, -0.25) is 4.79 Å². The van der Waals surface area contributed by atoms with Crippen LogP contribution >= 0.6 is 0 Å². The molecule has 7 heteroatoms. The fraction of sp³-hybridized carbons (Fsp3) is 0.318. The number of aromatic nitrogens is 2. The van der Waals surface area contributed by atoms with Gasteiger partial charge in [0.2, 0.25) is 11.7 Å². The summed E-state index contributed by atoms with van der Waals surface area (Å²) in [5.41, 5.74) is 1.80. The summed E-state index contributed by atoms with van der Waals surface area (Å²) < 4.78 is 16.0. The van der Waals surface area contributed by atoms with Crippen molar-refractivity contribution in [3.63, 3.8) is 0 Å². The largest absolute Gasteiger partial charge is 0.497 e. The number of hydrogen-bond acceptors (Lipinski definition) is 6. The molecule has 0 spiro atoms. The molecule has 0 saturated carbocycles. The second-order valence-corrected chi connectivity index (χ2v) is 6.56.